The summed E-state index contributed by atoms with van der Waals surface area (Å²) in [4.78, 5) is 12.5. The molecule has 0 unspecified atom stereocenters. The van der Waals surface area contributed by atoms with Gasteiger partial charge in [-0.25, -0.2) is 0 Å². The lowest BCUT2D eigenvalue weighted by atomic mass is 10.1. The number of halogens is 3. The second-order valence-corrected chi connectivity index (χ2v) is 4.62. The highest BCUT2D eigenvalue weighted by Gasteiger charge is 2.34. The number of carbonyl (C=O) groups excluding carboxylic acids is 1. The number of anilines is 1. The van der Waals surface area contributed by atoms with Crippen LogP contribution in [-0.4, -0.2) is 52.0 Å². The summed E-state index contributed by atoms with van der Waals surface area (Å²) in [5.74, 6) is -1.00. The molecule has 0 fully saturated rings. The molecule has 114 valence electrons. The van der Waals surface area contributed by atoms with Crippen LogP contribution in [0.5, 0.6) is 0 Å². The predicted molar refractivity (Wildman–Crippen MR) is 66.1 cm³/mol. The quantitative estimate of drug-likeness (QED) is 0.758. The zero-order valence-electron chi connectivity index (χ0n) is 11.2. The number of aliphatic hydroxyl groups is 1. The molecule has 6 nitrogen and oxygen atoms in total. The van der Waals surface area contributed by atoms with Crippen LogP contribution in [0.25, 0.3) is 0 Å². The molecule has 0 atom stereocenters. The summed E-state index contributed by atoms with van der Waals surface area (Å²) in [5.41, 5.74) is 5.99. The molecular weight excluding hydrogens is 277 g/mol. The average Bonchev–Trinajstić information content (AvgIpc) is 2.68. The van der Waals surface area contributed by atoms with E-state index in [1.54, 1.807) is 13.8 Å². The van der Waals surface area contributed by atoms with Gasteiger partial charge in [-0.15, -0.1) is 0 Å². The van der Waals surface area contributed by atoms with Gasteiger partial charge in [0.05, 0.1) is 18.0 Å². The topological polar surface area (TPSA) is 95.2 Å². The van der Waals surface area contributed by atoms with Crippen LogP contribution in [0.15, 0.2) is 0 Å². The number of hydrogen-bond donors (Lipinski definition) is 3. The van der Waals surface area contributed by atoms with E-state index < -0.39 is 31.8 Å². The van der Waals surface area contributed by atoms with Gasteiger partial charge in [-0.3, -0.25) is 9.89 Å². The Labute approximate surface area is 113 Å². The summed E-state index contributed by atoms with van der Waals surface area (Å²) < 4.78 is 37.2. The maximum Gasteiger partial charge on any atom is 0.406 e. The van der Waals surface area contributed by atoms with Crippen LogP contribution < -0.4 is 5.73 Å². The number of carbonyl (C=O) groups is 1. The lowest BCUT2D eigenvalue weighted by Gasteiger charge is -2.22. The van der Waals surface area contributed by atoms with Crippen molar-refractivity contribution >= 4 is 11.6 Å². The average molecular weight is 294 g/mol. The molecule has 0 aliphatic rings. The Morgan fingerprint density at radius 2 is 2.10 bits per heavy atom. The molecule has 1 aromatic rings. The molecule has 0 aromatic carbocycles. The smallest absolute Gasteiger partial charge is 0.395 e. The van der Waals surface area contributed by atoms with Gasteiger partial charge in [0, 0.05) is 6.54 Å². The Hall–Kier alpha value is -1.77. The van der Waals surface area contributed by atoms with Crippen molar-refractivity contribution in [2.75, 3.05) is 25.4 Å². The van der Waals surface area contributed by atoms with E-state index in [0.29, 0.717) is 10.6 Å². The predicted octanol–water partition coefficient (Wildman–Crippen LogP) is 1.11. The van der Waals surface area contributed by atoms with Crippen molar-refractivity contribution in [3.63, 3.8) is 0 Å². The lowest BCUT2D eigenvalue weighted by molar-refractivity contribution is -0.141. The van der Waals surface area contributed by atoms with Gasteiger partial charge in [0.25, 0.3) is 5.91 Å². The van der Waals surface area contributed by atoms with Gasteiger partial charge in [0.2, 0.25) is 0 Å². The fourth-order valence-electron chi connectivity index (χ4n) is 1.71. The van der Waals surface area contributed by atoms with Crippen molar-refractivity contribution in [1.29, 1.82) is 0 Å². The highest BCUT2D eigenvalue weighted by molar-refractivity contribution is 5.97. The fraction of sp³-hybridized carbons (Fsp3) is 0.636. The van der Waals surface area contributed by atoms with Gasteiger partial charge in [-0.05, 0) is 5.92 Å². The molecule has 4 N–H and O–H groups in total. The van der Waals surface area contributed by atoms with Gasteiger partial charge in [-0.1, -0.05) is 13.8 Å². The van der Waals surface area contributed by atoms with Gasteiger partial charge in [0.15, 0.2) is 5.69 Å². The van der Waals surface area contributed by atoms with Crippen molar-refractivity contribution in [2.24, 2.45) is 0 Å². The van der Waals surface area contributed by atoms with Crippen molar-refractivity contribution < 1.29 is 23.1 Å². The molecule has 0 saturated carbocycles. The number of aromatic nitrogens is 2. The standard InChI is InChI=1S/C11H17F3N4O2/c1-6(2)8-7(15)9(17-16-8)10(20)18(3-4-19)5-11(12,13)14/h6,19H,3-5,15H2,1-2H3,(H,16,17). The molecule has 1 rings (SSSR count). The first-order valence-corrected chi connectivity index (χ1v) is 5.98. The number of nitrogens with zero attached hydrogens (tertiary/aromatic N) is 2. The van der Waals surface area contributed by atoms with E-state index in [4.69, 9.17) is 10.8 Å². The molecule has 0 aliphatic carbocycles. The molecule has 1 heterocycles. The molecular formula is C11H17F3N4O2. The minimum atomic E-state index is -4.56. The van der Waals surface area contributed by atoms with Crippen LogP contribution in [-0.2, 0) is 0 Å². The van der Waals surface area contributed by atoms with Crippen LogP contribution in [0.1, 0.15) is 35.9 Å². The molecule has 9 heteroatoms. The number of rotatable bonds is 5. The first-order valence-electron chi connectivity index (χ1n) is 5.98. The van der Waals surface area contributed by atoms with Crippen molar-refractivity contribution in [1.82, 2.24) is 15.1 Å². The third-order valence-corrected chi connectivity index (χ3v) is 2.64. The zero-order valence-corrected chi connectivity index (χ0v) is 11.2. The first kappa shape index (κ1) is 16.3. The van der Waals surface area contributed by atoms with Gasteiger partial charge >= 0.3 is 6.18 Å². The monoisotopic (exact) mass is 294 g/mol. The van der Waals surface area contributed by atoms with Crippen LogP contribution in [0.2, 0.25) is 0 Å². The lowest BCUT2D eigenvalue weighted by Crippen LogP contribution is -2.41. The Morgan fingerprint density at radius 1 is 1.50 bits per heavy atom. The Morgan fingerprint density at radius 3 is 2.50 bits per heavy atom. The molecule has 0 spiro atoms. The Kier molecular flexibility index (Phi) is 4.98. The summed E-state index contributed by atoms with van der Waals surface area (Å²) >= 11 is 0. The maximum absolute atomic E-state index is 12.4. The molecule has 20 heavy (non-hydrogen) atoms. The van der Waals surface area contributed by atoms with E-state index in [1.807, 2.05) is 0 Å². The minimum absolute atomic E-state index is 0.0371. The fourth-order valence-corrected chi connectivity index (χ4v) is 1.71. The summed E-state index contributed by atoms with van der Waals surface area (Å²) in [7, 11) is 0. The SMILES string of the molecule is CC(C)c1[nH]nc(C(=O)N(CCO)CC(F)(F)F)c1N. The first-order chi connectivity index (χ1) is 9.17. The van der Waals surface area contributed by atoms with Crippen LogP contribution in [0.4, 0.5) is 18.9 Å². The van der Waals surface area contributed by atoms with Crippen LogP contribution >= 0.6 is 0 Å². The number of nitrogens with two attached hydrogens (primary N) is 1. The molecule has 1 amide bonds. The Balaban J connectivity index is 3.01. The van der Waals surface area contributed by atoms with E-state index in [9.17, 15) is 18.0 Å². The van der Waals surface area contributed by atoms with E-state index in [2.05, 4.69) is 10.2 Å². The number of amides is 1. The van der Waals surface area contributed by atoms with Crippen molar-refractivity contribution in [2.45, 2.75) is 25.9 Å². The Bertz CT molecular complexity index is 471. The van der Waals surface area contributed by atoms with E-state index in [0.717, 1.165) is 0 Å². The van der Waals surface area contributed by atoms with Crippen LogP contribution in [0.3, 0.4) is 0 Å². The molecule has 1 aromatic heterocycles. The van der Waals surface area contributed by atoms with Gasteiger partial charge < -0.3 is 15.7 Å². The second kappa shape index (κ2) is 6.12. The van der Waals surface area contributed by atoms with Gasteiger partial charge in [-0.2, -0.15) is 18.3 Å². The second-order valence-electron chi connectivity index (χ2n) is 4.62. The highest BCUT2D eigenvalue weighted by atomic mass is 19.4. The number of aliphatic hydroxyl groups excluding tert-OH is 1. The van der Waals surface area contributed by atoms with E-state index >= 15 is 0 Å². The summed E-state index contributed by atoms with van der Waals surface area (Å²) in [6, 6.07) is 0. The summed E-state index contributed by atoms with van der Waals surface area (Å²) in [5, 5.41) is 15.0. The highest BCUT2D eigenvalue weighted by Crippen LogP contribution is 2.24. The molecule has 0 saturated heterocycles. The van der Waals surface area contributed by atoms with Crippen molar-refractivity contribution in [3.8, 4) is 0 Å². The number of nitrogen functional groups attached to an aromatic ring is 1. The number of alkyl halides is 3. The number of H-pyrrole nitrogens is 1. The molecule has 0 radical (unpaired) electrons. The minimum Gasteiger partial charge on any atom is -0.395 e. The summed E-state index contributed by atoms with van der Waals surface area (Å²) in [6.45, 7) is 1.12. The number of hydrogen-bond acceptors (Lipinski definition) is 4. The summed E-state index contributed by atoms with van der Waals surface area (Å²) in [6.07, 6.45) is -4.56. The maximum atomic E-state index is 12.4. The molecule has 0 bridgehead atoms. The third-order valence-electron chi connectivity index (χ3n) is 2.64. The molecule has 0 aliphatic heterocycles. The largest absolute Gasteiger partial charge is 0.406 e. The normalized spacial score (nSPS) is 11.9. The van der Waals surface area contributed by atoms with Crippen molar-refractivity contribution in [3.05, 3.63) is 11.4 Å². The third kappa shape index (κ3) is 3.86. The van der Waals surface area contributed by atoms with E-state index in [1.165, 1.54) is 0 Å². The number of nitrogens with one attached hydrogen (secondary N) is 1. The zero-order chi connectivity index (χ0) is 15.5. The van der Waals surface area contributed by atoms with Crippen LogP contribution in [0, 0.1) is 0 Å². The number of aromatic amines is 1. The van der Waals surface area contributed by atoms with Gasteiger partial charge in [0.1, 0.15) is 6.54 Å². The van der Waals surface area contributed by atoms with E-state index in [-0.39, 0.29) is 17.3 Å².